The number of aliphatic hydroxyl groups is 1. The molecule has 1 amide bonds. The second-order valence-corrected chi connectivity index (χ2v) is 11.0. The SMILES string of the molecule is CCOC(=O)NCC(O)CCO[Si](C)(C)C(C)(C)C. The Morgan fingerprint density at radius 2 is 1.95 bits per heavy atom. The highest BCUT2D eigenvalue weighted by Crippen LogP contribution is 2.36. The van der Waals surface area contributed by atoms with Crippen molar-refractivity contribution in [2.75, 3.05) is 19.8 Å². The zero-order valence-electron chi connectivity index (χ0n) is 13.1. The van der Waals surface area contributed by atoms with E-state index < -0.39 is 20.5 Å². The van der Waals surface area contributed by atoms with Crippen LogP contribution in [0.2, 0.25) is 18.1 Å². The van der Waals surface area contributed by atoms with Crippen molar-refractivity contribution in [3.05, 3.63) is 0 Å². The number of carbonyl (C=O) groups excluding carboxylic acids is 1. The van der Waals surface area contributed by atoms with E-state index in [1.54, 1.807) is 6.92 Å². The predicted octanol–water partition coefficient (Wildman–Crippen LogP) is 2.51. The quantitative estimate of drug-likeness (QED) is 0.707. The van der Waals surface area contributed by atoms with Crippen molar-refractivity contribution >= 4 is 14.4 Å². The van der Waals surface area contributed by atoms with E-state index in [1.165, 1.54) is 0 Å². The summed E-state index contributed by atoms with van der Waals surface area (Å²) in [4.78, 5) is 11.0. The van der Waals surface area contributed by atoms with Crippen molar-refractivity contribution in [1.82, 2.24) is 5.32 Å². The summed E-state index contributed by atoms with van der Waals surface area (Å²) in [6.45, 7) is 13.7. The highest BCUT2D eigenvalue weighted by Gasteiger charge is 2.36. The van der Waals surface area contributed by atoms with Gasteiger partial charge in [0.05, 0.1) is 12.7 Å². The van der Waals surface area contributed by atoms with Gasteiger partial charge in [-0.15, -0.1) is 0 Å². The molecule has 6 heteroatoms. The minimum Gasteiger partial charge on any atom is -0.450 e. The molecule has 1 atom stereocenters. The molecule has 0 bridgehead atoms. The van der Waals surface area contributed by atoms with Crippen molar-refractivity contribution in [3.63, 3.8) is 0 Å². The Morgan fingerprint density at radius 3 is 2.42 bits per heavy atom. The first-order chi connectivity index (χ1) is 8.60. The first-order valence-corrected chi connectivity index (χ1v) is 9.73. The van der Waals surface area contributed by atoms with Crippen LogP contribution in [0.3, 0.4) is 0 Å². The molecule has 0 aliphatic rings. The van der Waals surface area contributed by atoms with E-state index >= 15 is 0 Å². The van der Waals surface area contributed by atoms with Crippen molar-refractivity contribution in [3.8, 4) is 0 Å². The van der Waals surface area contributed by atoms with E-state index in [1.807, 2.05) is 0 Å². The Morgan fingerprint density at radius 1 is 1.37 bits per heavy atom. The van der Waals surface area contributed by atoms with Gasteiger partial charge in [-0.3, -0.25) is 0 Å². The summed E-state index contributed by atoms with van der Waals surface area (Å²) < 4.78 is 10.7. The summed E-state index contributed by atoms with van der Waals surface area (Å²) >= 11 is 0. The molecule has 0 aromatic carbocycles. The van der Waals surface area contributed by atoms with E-state index in [0.717, 1.165) is 0 Å². The lowest BCUT2D eigenvalue weighted by Crippen LogP contribution is -2.41. The van der Waals surface area contributed by atoms with Crippen LogP contribution in [-0.2, 0) is 9.16 Å². The highest BCUT2D eigenvalue weighted by molar-refractivity contribution is 6.74. The van der Waals surface area contributed by atoms with Gasteiger partial charge < -0.3 is 19.6 Å². The third-order valence-electron chi connectivity index (χ3n) is 3.48. The maximum absolute atomic E-state index is 11.0. The van der Waals surface area contributed by atoms with Gasteiger partial charge >= 0.3 is 6.09 Å². The monoisotopic (exact) mass is 291 g/mol. The summed E-state index contributed by atoms with van der Waals surface area (Å²) in [5.74, 6) is 0. The fourth-order valence-electron chi connectivity index (χ4n) is 1.15. The summed E-state index contributed by atoms with van der Waals surface area (Å²) in [6, 6.07) is 0. The minimum absolute atomic E-state index is 0.168. The van der Waals surface area contributed by atoms with Crippen LogP contribution in [0.25, 0.3) is 0 Å². The van der Waals surface area contributed by atoms with Gasteiger partial charge in [0, 0.05) is 13.2 Å². The maximum atomic E-state index is 11.0. The van der Waals surface area contributed by atoms with Crippen LogP contribution in [0.15, 0.2) is 0 Å². The first-order valence-electron chi connectivity index (χ1n) is 6.83. The summed E-state index contributed by atoms with van der Waals surface area (Å²) in [5, 5.41) is 12.4. The zero-order valence-corrected chi connectivity index (χ0v) is 14.1. The zero-order chi connectivity index (χ0) is 15.1. The largest absolute Gasteiger partial charge is 0.450 e. The van der Waals surface area contributed by atoms with Crippen molar-refractivity contribution in [2.24, 2.45) is 0 Å². The molecule has 19 heavy (non-hydrogen) atoms. The predicted molar refractivity (Wildman–Crippen MR) is 78.8 cm³/mol. The van der Waals surface area contributed by atoms with Crippen molar-refractivity contribution in [1.29, 1.82) is 0 Å². The lowest BCUT2D eigenvalue weighted by atomic mass is 10.2. The second-order valence-electron chi connectivity index (χ2n) is 6.15. The fraction of sp³-hybridized carbons (Fsp3) is 0.923. The molecular weight excluding hydrogens is 262 g/mol. The molecule has 0 aromatic rings. The van der Waals surface area contributed by atoms with Gasteiger partial charge in [0.1, 0.15) is 0 Å². The summed E-state index contributed by atoms with van der Waals surface area (Å²) in [5.41, 5.74) is 0. The molecule has 0 radical (unpaired) electrons. The Balaban J connectivity index is 3.86. The van der Waals surface area contributed by atoms with Gasteiger partial charge in [-0.05, 0) is 31.5 Å². The summed E-state index contributed by atoms with van der Waals surface area (Å²) in [7, 11) is -1.75. The molecule has 0 spiro atoms. The highest BCUT2D eigenvalue weighted by atomic mass is 28.4. The van der Waals surface area contributed by atoms with Crippen LogP contribution in [-0.4, -0.2) is 45.4 Å². The number of alkyl carbamates (subject to hydrolysis) is 1. The molecule has 0 aliphatic carbocycles. The lowest BCUT2D eigenvalue weighted by molar-refractivity contribution is 0.118. The molecule has 114 valence electrons. The number of nitrogens with one attached hydrogen (secondary N) is 1. The number of ether oxygens (including phenoxy) is 1. The molecule has 0 aromatic heterocycles. The van der Waals surface area contributed by atoms with Gasteiger partial charge in [-0.1, -0.05) is 20.8 Å². The second kappa shape index (κ2) is 7.87. The Labute approximate surface area is 117 Å². The Bertz CT molecular complexity index is 276. The fourth-order valence-corrected chi connectivity index (χ4v) is 2.21. The maximum Gasteiger partial charge on any atom is 0.407 e. The number of carbonyl (C=O) groups is 1. The average Bonchev–Trinajstić information content (AvgIpc) is 2.25. The van der Waals surface area contributed by atoms with Crippen LogP contribution in [0, 0.1) is 0 Å². The van der Waals surface area contributed by atoms with Gasteiger partial charge in [0.15, 0.2) is 8.32 Å². The van der Waals surface area contributed by atoms with Crippen molar-refractivity contribution in [2.45, 2.75) is 58.4 Å². The summed E-state index contributed by atoms with van der Waals surface area (Å²) in [6.07, 6.45) is -0.583. The van der Waals surface area contributed by atoms with Gasteiger partial charge in [0.25, 0.3) is 0 Å². The van der Waals surface area contributed by atoms with E-state index in [-0.39, 0.29) is 11.6 Å². The van der Waals surface area contributed by atoms with E-state index in [9.17, 15) is 9.90 Å². The molecule has 5 nitrogen and oxygen atoms in total. The number of amides is 1. The third-order valence-corrected chi connectivity index (χ3v) is 8.02. The molecule has 0 fully saturated rings. The number of aliphatic hydroxyl groups excluding tert-OH is 1. The van der Waals surface area contributed by atoms with Crippen LogP contribution in [0.5, 0.6) is 0 Å². The Kier molecular flexibility index (Phi) is 7.62. The molecule has 0 saturated carbocycles. The van der Waals surface area contributed by atoms with E-state index in [4.69, 9.17) is 9.16 Å². The van der Waals surface area contributed by atoms with Crippen LogP contribution < -0.4 is 5.32 Å². The van der Waals surface area contributed by atoms with Crippen LogP contribution in [0.4, 0.5) is 4.79 Å². The van der Waals surface area contributed by atoms with E-state index in [2.05, 4.69) is 39.2 Å². The minimum atomic E-state index is -1.75. The topological polar surface area (TPSA) is 67.8 Å². The molecule has 0 heterocycles. The molecule has 1 unspecified atom stereocenters. The smallest absolute Gasteiger partial charge is 0.407 e. The van der Waals surface area contributed by atoms with Crippen LogP contribution >= 0.6 is 0 Å². The standard InChI is InChI=1S/C13H29NO4Si/c1-7-17-12(16)14-10-11(15)8-9-18-19(5,6)13(2,3)4/h11,15H,7-10H2,1-6H3,(H,14,16). The molecule has 2 N–H and O–H groups in total. The van der Waals surface area contributed by atoms with Gasteiger partial charge in [-0.25, -0.2) is 4.79 Å². The number of hydrogen-bond donors (Lipinski definition) is 2. The molecule has 0 rings (SSSR count). The van der Waals surface area contributed by atoms with Crippen LogP contribution in [0.1, 0.15) is 34.1 Å². The molecular formula is C13H29NO4Si. The third kappa shape index (κ3) is 7.54. The lowest BCUT2D eigenvalue weighted by Gasteiger charge is -2.36. The molecule has 0 saturated heterocycles. The average molecular weight is 291 g/mol. The molecule has 0 aliphatic heterocycles. The van der Waals surface area contributed by atoms with Gasteiger partial charge in [0.2, 0.25) is 0 Å². The number of rotatable bonds is 7. The van der Waals surface area contributed by atoms with E-state index in [0.29, 0.717) is 19.6 Å². The number of hydrogen-bond acceptors (Lipinski definition) is 4. The Hall–Kier alpha value is -0.593. The van der Waals surface area contributed by atoms with Gasteiger partial charge in [-0.2, -0.15) is 0 Å². The first kappa shape index (κ1) is 18.4. The van der Waals surface area contributed by atoms with Crippen molar-refractivity contribution < 1.29 is 19.1 Å². The normalized spacial score (nSPS) is 14.1.